The summed E-state index contributed by atoms with van der Waals surface area (Å²) < 4.78 is 0. The number of urea groups is 1. The van der Waals surface area contributed by atoms with Crippen molar-refractivity contribution in [3.8, 4) is 0 Å². The van der Waals surface area contributed by atoms with Crippen LogP contribution in [-0.4, -0.2) is 29.7 Å². The first-order chi connectivity index (χ1) is 9.20. The molecular formula is C15H28N2O3. The third-order valence-corrected chi connectivity index (χ3v) is 3.98. The van der Waals surface area contributed by atoms with Gasteiger partial charge >= 0.3 is 12.0 Å². The highest BCUT2D eigenvalue weighted by molar-refractivity contribution is 5.83. The lowest BCUT2D eigenvalue weighted by molar-refractivity contribution is -0.141. The highest BCUT2D eigenvalue weighted by Crippen LogP contribution is 2.27. The molecule has 1 aliphatic carbocycles. The van der Waals surface area contributed by atoms with E-state index in [1.165, 1.54) is 12.8 Å². The fraction of sp³-hybridized carbons (Fsp3) is 0.867. The van der Waals surface area contributed by atoms with Gasteiger partial charge in [-0.1, -0.05) is 40.5 Å². The van der Waals surface area contributed by atoms with Crippen LogP contribution in [0.4, 0.5) is 4.79 Å². The number of carbonyl (C=O) groups is 2. The Labute approximate surface area is 121 Å². The number of aliphatic carboxylic acids is 1. The molecule has 1 saturated carbocycles. The second kappa shape index (κ2) is 6.95. The molecule has 116 valence electrons. The van der Waals surface area contributed by atoms with Crippen LogP contribution in [0, 0.1) is 17.3 Å². The lowest BCUT2D eigenvalue weighted by Gasteiger charge is -2.29. The standard InChI is InChI=1S/C15H28N2O3/c1-10-6-5-7-11(8-10)9-16-14(20)17-12(13(18)19)15(2,3)4/h10-12H,5-9H2,1-4H3,(H,18,19)(H2,16,17,20). The zero-order chi connectivity index (χ0) is 15.3. The fourth-order valence-electron chi connectivity index (χ4n) is 2.81. The van der Waals surface area contributed by atoms with Crippen molar-refractivity contribution in [2.45, 2.75) is 59.4 Å². The molecule has 1 rings (SSSR count). The van der Waals surface area contributed by atoms with Crippen LogP contribution in [0.25, 0.3) is 0 Å². The largest absolute Gasteiger partial charge is 0.480 e. The van der Waals surface area contributed by atoms with Gasteiger partial charge in [-0.25, -0.2) is 9.59 Å². The Hall–Kier alpha value is -1.26. The van der Waals surface area contributed by atoms with Crippen LogP contribution in [0.3, 0.4) is 0 Å². The third kappa shape index (κ3) is 5.39. The van der Waals surface area contributed by atoms with Crippen molar-refractivity contribution in [3.05, 3.63) is 0 Å². The highest BCUT2D eigenvalue weighted by atomic mass is 16.4. The summed E-state index contributed by atoms with van der Waals surface area (Å²) in [5.74, 6) is 0.237. The summed E-state index contributed by atoms with van der Waals surface area (Å²) in [5, 5.41) is 14.5. The van der Waals surface area contributed by atoms with E-state index in [0.29, 0.717) is 12.5 Å². The maximum atomic E-state index is 11.8. The Morgan fingerprint density at radius 1 is 1.30 bits per heavy atom. The van der Waals surface area contributed by atoms with E-state index in [4.69, 9.17) is 5.11 Å². The van der Waals surface area contributed by atoms with Gasteiger partial charge in [-0.3, -0.25) is 0 Å². The Morgan fingerprint density at radius 3 is 2.45 bits per heavy atom. The molecule has 0 spiro atoms. The third-order valence-electron chi connectivity index (χ3n) is 3.98. The molecule has 5 nitrogen and oxygen atoms in total. The van der Waals surface area contributed by atoms with Gasteiger partial charge in [-0.2, -0.15) is 0 Å². The summed E-state index contributed by atoms with van der Waals surface area (Å²) in [6, 6.07) is -1.27. The van der Waals surface area contributed by atoms with Crippen molar-refractivity contribution >= 4 is 12.0 Å². The predicted molar refractivity (Wildman–Crippen MR) is 78.5 cm³/mol. The first-order valence-corrected chi connectivity index (χ1v) is 7.47. The quantitative estimate of drug-likeness (QED) is 0.742. The number of carboxylic acids is 1. The van der Waals surface area contributed by atoms with E-state index in [-0.39, 0.29) is 6.03 Å². The first-order valence-electron chi connectivity index (χ1n) is 7.47. The molecule has 0 aromatic carbocycles. The molecule has 3 unspecified atom stereocenters. The molecule has 1 aliphatic rings. The van der Waals surface area contributed by atoms with Crippen molar-refractivity contribution in [2.75, 3.05) is 6.54 Å². The van der Waals surface area contributed by atoms with Crippen molar-refractivity contribution in [1.29, 1.82) is 0 Å². The van der Waals surface area contributed by atoms with Crippen LogP contribution in [0.2, 0.25) is 0 Å². The van der Waals surface area contributed by atoms with Crippen LogP contribution in [0.1, 0.15) is 53.4 Å². The lowest BCUT2D eigenvalue weighted by atomic mass is 9.82. The Balaban J connectivity index is 2.40. The van der Waals surface area contributed by atoms with E-state index < -0.39 is 17.4 Å². The number of carbonyl (C=O) groups excluding carboxylic acids is 1. The van der Waals surface area contributed by atoms with Gasteiger partial charge < -0.3 is 15.7 Å². The molecule has 0 aromatic rings. The number of amides is 2. The summed E-state index contributed by atoms with van der Waals surface area (Å²) in [6.07, 6.45) is 4.77. The zero-order valence-electron chi connectivity index (χ0n) is 13.0. The van der Waals surface area contributed by atoms with Crippen molar-refractivity contribution in [2.24, 2.45) is 17.3 Å². The zero-order valence-corrected chi connectivity index (χ0v) is 13.0. The van der Waals surface area contributed by atoms with E-state index in [9.17, 15) is 9.59 Å². The minimum Gasteiger partial charge on any atom is -0.480 e. The SMILES string of the molecule is CC1CCCC(CNC(=O)NC(C(=O)O)C(C)(C)C)C1. The van der Waals surface area contributed by atoms with Gasteiger partial charge in [0.25, 0.3) is 0 Å². The van der Waals surface area contributed by atoms with Crippen LogP contribution in [0.5, 0.6) is 0 Å². The van der Waals surface area contributed by atoms with Crippen molar-refractivity contribution < 1.29 is 14.7 Å². The second-order valence-corrected chi connectivity index (χ2v) is 7.13. The van der Waals surface area contributed by atoms with Gasteiger partial charge in [-0.05, 0) is 30.1 Å². The Morgan fingerprint density at radius 2 is 1.95 bits per heavy atom. The van der Waals surface area contributed by atoms with Crippen LogP contribution < -0.4 is 10.6 Å². The average molecular weight is 284 g/mol. The van der Waals surface area contributed by atoms with Crippen LogP contribution >= 0.6 is 0 Å². The molecule has 2 amide bonds. The smallest absolute Gasteiger partial charge is 0.326 e. The van der Waals surface area contributed by atoms with Gasteiger partial charge in [0.05, 0.1) is 0 Å². The molecule has 3 atom stereocenters. The first kappa shape index (κ1) is 16.8. The summed E-state index contributed by atoms with van der Waals surface area (Å²) >= 11 is 0. The minimum absolute atomic E-state index is 0.384. The summed E-state index contributed by atoms with van der Waals surface area (Å²) in [4.78, 5) is 23.0. The molecular weight excluding hydrogens is 256 g/mol. The van der Waals surface area contributed by atoms with Crippen molar-refractivity contribution in [3.63, 3.8) is 0 Å². The van der Waals surface area contributed by atoms with E-state index in [2.05, 4.69) is 17.6 Å². The molecule has 0 aliphatic heterocycles. The fourth-order valence-corrected chi connectivity index (χ4v) is 2.81. The van der Waals surface area contributed by atoms with Gasteiger partial charge in [0.1, 0.15) is 6.04 Å². The summed E-state index contributed by atoms with van der Waals surface area (Å²) in [6.45, 7) is 8.28. The highest BCUT2D eigenvalue weighted by Gasteiger charge is 2.32. The van der Waals surface area contributed by atoms with Gasteiger partial charge in [0, 0.05) is 6.54 Å². The molecule has 1 fully saturated rings. The van der Waals surface area contributed by atoms with E-state index in [1.54, 1.807) is 20.8 Å². The number of hydrogen-bond acceptors (Lipinski definition) is 2. The van der Waals surface area contributed by atoms with Gasteiger partial charge in [0.2, 0.25) is 0 Å². The Bertz CT molecular complexity index is 350. The van der Waals surface area contributed by atoms with Crippen LogP contribution in [0.15, 0.2) is 0 Å². The molecule has 3 N–H and O–H groups in total. The molecule has 0 saturated heterocycles. The average Bonchev–Trinajstić information content (AvgIpc) is 2.31. The number of rotatable bonds is 4. The van der Waals surface area contributed by atoms with Gasteiger partial charge in [0.15, 0.2) is 0 Å². The molecule has 0 aromatic heterocycles. The monoisotopic (exact) mass is 284 g/mol. The second-order valence-electron chi connectivity index (χ2n) is 7.13. The number of carboxylic acid groups (broad SMARTS) is 1. The van der Waals surface area contributed by atoms with Gasteiger partial charge in [-0.15, -0.1) is 0 Å². The van der Waals surface area contributed by atoms with Crippen LogP contribution in [-0.2, 0) is 4.79 Å². The predicted octanol–water partition coefficient (Wildman–Crippen LogP) is 2.61. The Kier molecular flexibility index (Phi) is 5.84. The normalized spacial score (nSPS) is 24.8. The minimum atomic E-state index is -1.00. The molecule has 0 radical (unpaired) electrons. The summed E-state index contributed by atoms with van der Waals surface area (Å²) in [7, 11) is 0. The molecule has 20 heavy (non-hydrogen) atoms. The van der Waals surface area contributed by atoms with E-state index in [1.807, 2.05) is 0 Å². The molecule has 0 bridgehead atoms. The maximum Gasteiger partial charge on any atom is 0.326 e. The summed E-state index contributed by atoms with van der Waals surface area (Å²) in [5.41, 5.74) is -0.511. The lowest BCUT2D eigenvalue weighted by Crippen LogP contribution is -2.52. The van der Waals surface area contributed by atoms with E-state index >= 15 is 0 Å². The maximum absolute atomic E-state index is 11.8. The topological polar surface area (TPSA) is 78.4 Å². The van der Waals surface area contributed by atoms with Crippen molar-refractivity contribution in [1.82, 2.24) is 10.6 Å². The number of hydrogen-bond donors (Lipinski definition) is 3. The molecule has 0 heterocycles. The van der Waals surface area contributed by atoms with E-state index in [0.717, 1.165) is 18.8 Å². The molecule has 5 heteroatoms. The number of nitrogens with one attached hydrogen (secondary N) is 2.